The minimum atomic E-state index is 0.0516. The van der Waals surface area contributed by atoms with Gasteiger partial charge >= 0.3 is 0 Å². The fourth-order valence-corrected chi connectivity index (χ4v) is 2.41. The lowest BCUT2D eigenvalue weighted by molar-refractivity contribution is 0.0205. The SMILES string of the molecule is CN=C(NCCCCn1ccccc1=O)NCC(OC)C(C)(C)C. The molecule has 0 bridgehead atoms. The van der Waals surface area contributed by atoms with Gasteiger partial charge in [0.1, 0.15) is 0 Å². The van der Waals surface area contributed by atoms with Crippen LogP contribution in [-0.2, 0) is 11.3 Å². The Kier molecular flexibility index (Phi) is 8.54. The number of aliphatic imine (C=N–C) groups is 1. The van der Waals surface area contributed by atoms with E-state index in [1.54, 1.807) is 30.9 Å². The highest BCUT2D eigenvalue weighted by Gasteiger charge is 2.24. The minimum Gasteiger partial charge on any atom is -0.379 e. The third-order valence-electron chi connectivity index (χ3n) is 3.95. The molecule has 1 atom stereocenters. The van der Waals surface area contributed by atoms with Crippen LogP contribution in [0.1, 0.15) is 33.6 Å². The van der Waals surface area contributed by atoms with Gasteiger partial charge in [-0.2, -0.15) is 0 Å². The molecule has 0 aromatic carbocycles. The van der Waals surface area contributed by atoms with Crippen molar-refractivity contribution in [3.05, 3.63) is 34.7 Å². The van der Waals surface area contributed by atoms with Crippen molar-refractivity contribution in [3.8, 4) is 0 Å². The molecule has 1 aromatic heterocycles. The first-order valence-electron chi connectivity index (χ1n) is 8.51. The highest BCUT2D eigenvalue weighted by Crippen LogP contribution is 2.20. The number of guanidine groups is 1. The molecule has 0 fully saturated rings. The topological polar surface area (TPSA) is 67.7 Å². The van der Waals surface area contributed by atoms with Gasteiger partial charge < -0.3 is 19.9 Å². The van der Waals surface area contributed by atoms with Gasteiger partial charge in [-0.1, -0.05) is 26.8 Å². The van der Waals surface area contributed by atoms with Gasteiger partial charge in [0.15, 0.2) is 5.96 Å². The lowest BCUT2D eigenvalue weighted by atomic mass is 9.89. The number of ether oxygens (including phenoxy) is 1. The molecular weight excluding hydrogens is 304 g/mol. The quantitative estimate of drug-likeness (QED) is 0.432. The van der Waals surface area contributed by atoms with Crippen molar-refractivity contribution in [1.29, 1.82) is 0 Å². The fraction of sp³-hybridized carbons (Fsp3) is 0.667. The molecule has 0 radical (unpaired) electrons. The number of pyridine rings is 1. The van der Waals surface area contributed by atoms with E-state index in [1.807, 2.05) is 12.3 Å². The summed E-state index contributed by atoms with van der Waals surface area (Å²) in [6.45, 7) is 8.73. The Morgan fingerprint density at radius 1 is 1.29 bits per heavy atom. The number of nitrogens with zero attached hydrogens (tertiary/aromatic N) is 2. The van der Waals surface area contributed by atoms with Gasteiger partial charge in [0.2, 0.25) is 5.56 Å². The molecule has 0 saturated carbocycles. The van der Waals surface area contributed by atoms with E-state index in [0.717, 1.165) is 31.9 Å². The maximum Gasteiger partial charge on any atom is 0.250 e. The van der Waals surface area contributed by atoms with Crippen LogP contribution in [0.3, 0.4) is 0 Å². The van der Waals surface area contributed by atoms with Crippen LogP contribution >= 0.6 is 0 Å². The Balaban J connectivity index is 2.27. The van der Waals surface area contributed by atoms with Crippen molar-refractivity contribution in [2.24, 2.45) is 10.4 Å². The Morgan fingerprint density at radius 3 is 2.62 bits per heavy atom. The number of hydrogen-bond donors (Lipinski definition) is 2. The molecule has 6 heteroatoms. The summed E-state index contributed by atoms with van der Waals surface area (Å²) in [6, 6.07) is 5.24. The van der Waals surface area contributed by atoms with Gasteiger partial charge in [-0.15, -0.1) is 0 Å². The van der Waals surface area contributed by atoms with E-state index in [0.29, 0.717) is 6.54 Å². The number of methoxy groups -OCH3 is 1. The first-order chi connectivity index (χ1) is 11.4. The normalized spacial score (nSPS) is 13.6. The monoisotopic (exact) mass is 336 g/mol. The standard InChI is InChI=1S/C18H32N4O2/c1-18(2,3)15(24-5)14-21-17(19-4)20-11-7-9-13-22-12-8-6-10-16(22)23/h6,8,10,12,15H,7,9,11,13-14H2,1-5H3,(H2,19,20,21). The second-order valence-corrected chi connectivity index (χ2v) is 6.91. The second kappa shape index (κ2) is 10.1. The van der Waals surface area contributed by atoms with Crippen LogP contribution in [0, 0.1) is 5.41 Å². The largest absolute Gasteiger partial charge is 0.379 e. The fourth-order valence-electron chi connectivity index (χ4n) is 2.41. The van der Waals surface area contributed by atoms with E-state index in [9.17, 15) is 4.79 Å². The van der Waals surface area contributed by atoms with E-state index in [2.05, 4.69) is 36.4 Å². The van der Waals surface area contributed by atoms with Gasteiger partial charge in [-0.3, -0.25) is 9.79 Å². The predicted octanol–water partition coefficient (Wildman–Crippen LogP) is 1.85. The summed E-state index contributed by atoms with van der Waals surface area (Å²) < 4.78 is 7.27. The van der Waals surface area contributed by atoms with Gasteiger partial charge in [0, 0.05) is 46.1 Å². The third kappa shape index (κ3) is 7.17. The molecular formula is C18H32N4O2. The molecule has 0 aliphatic heterocycles. The van der Waals surface area contributed by atoms with Crippen molar-refractivity contribution in [2.45, 2.75) is 46.3 Å². The maximum atomic E-state index is 11.6. The lowest BCUT2D eigenvalue weighted by Crippen LogP contribution is -2.45. The average molecular weight is 336 g/mol. The Hall–Kier alpha value is -1.82. The molecule has 0 spiro atoms. The maximum absolute atomic E-state index is 11.6. The van der Waals surface area contributed by atoms with Gasteiger partial charge in [-0.25, -0.2) is 0 Å². The summed E-state index contributed by atoms with van der Waals surface area (Å²) in [7, 11) is 3.50. The van der Waals surface area contributed by atoms with Crippen LogP contribution in [0.5, 0.6) is 0 Å². The molecule has 2 N–H and O–H groups in total. The van der Waals surface area contributed by atoms with Crippen LogP contribution in [-0.4, -0.2) is 43.9 Å². The minimum absolute atomic E-state index is 0.0516. The van der Waals surface area contributed by atoms with E-state index < -0.39 is 0 Å². The third-order valence-corrected chi connectivity index (χ3v) is 3.95. The summed E-state index contributed by atoms with van der Waals surface area (Å²) >= 11 is 0. The smallest absolute Gasteiger partial charge is 0.250 e. The molecule has 0 aliphatic rings. The molecule has 136 valence electrons. The first kappa shape index (κ1) is 20.2. The predicted molar refractivity (Wildman–Crippen MR) is 99.6 cm³/mol. The Labute approximate surface area is 145 Å². The van der Waals surface area contributed by atoms with Crippen LogP contribution in [0.15, 0.2) is 34.2 Å². The highest BCUT2D eigenvalue weighted by atomic mass is 16.5. The zero-order chi connectivity index (χ0) is 18.0. The van der Waals surface area contributed by atoms with Crippen molar-refractivity contribution >= 4 is 5.96 Å². The molecule has 1 heterocycles. The van der Waals surface area contributed by atoms with Crippen LogP contribution < -0.4 is 16.2 Å². The zero-order valence-electron chi connectivity index (χ0n) is 15.6. The first-order valence-corrected chi connectivity index (χ1v) is 8.51. The summed E-state index contributed by atoms with van der Waals surface area (Å²) in [6.07, 6.45) is 3.85. The van der Waals surface area contributed by atoms with Gasteiger partial charge in [0.25, 0.3) is 0 Å². The van der Waals surface area contributed by atoms with Crippen molar-refractivity contribution in [3.63, 3.8) is 0 Å². The van der Waals surface area contributed by atoms with Crippen LogP contribution in [0.2, 0.25) is 0 Å². The number of rotatable bonds is 8. The second-order valence-electron chi connectivity index (χ2n) is 6.91. The summed E-state index contributed by atoms with van der Waals surface area (Å²) in [5.74, 6) is 0.776. The van der Waals surface area contributed by atoms with Crippen molar-refractivity contribution in [1.82, 2.24) is 15.2 Å². The number of unbranched alkanes of at least 4 members (excludes halogenated alkanes) is 1. The molecule has 0 saturated heterocycles. The van der Waals surface area contributed by atoms with Gasteiger partial charge in [0.05, 0.1) is 6.10 Å². The molecule has 6 nitrogen and oxygen atoms in total. The number of aryl methyl sites for hydroxylation is 1. The number of aromatic nitrogens is 1. The Morgan fingerprint density at radius 2 is 2.04 bits per heavy atom. The average Bonchev–Trinajstić information content (AvgIpc) is 2.53. The summed E-state index contributed by atoms with van der Waals surface area (Å²) in [4.78, 5) is 15.8. The molecule has 1 rings (SSSR count). The van der Waals surface area contributed by atoms with Gasteiger partial charge in [-0.05, 0) is 24.3 Å². The molecule has 1 unspecified atom stereocenters. The van der Waals surface area contributed by atoms with Crippen LogP contribution in [0.4, 0.5) is 0 Å². The van der Waals surface area contributed by atoms with Crippen molar-refractivity contribution < 1.29 is 4.74 Å². The molecule has 0 aliphatic carbocycles. The Bertz CT molecular complexity index is 561. The summed E-state index contributed by atoms with van der Waals surface area (Å²) in [5.41, 5.74) is 0.125. The molecule has 0 amide bonds. The summed E-state index contributed by atoms with van der Waals surface area (Å²) in [5, 5.41) is 6.60. The van der Waals surface area contributed by atoms with E-state index >= 15 is 0 Å². The van der Waals surface area contributed by atoms with E-state index in [-0.39, 0.29) is 17.1 Å². The molecule has 24 heavy (non-hydrogen) atoms. The van der Waals surface area contributed by atoms with E-state index in [1.165, 1.54) is 0 Å². The molecule has 1 aromatic rings. The highest BCUT2D eigenvalue weighted by molar-refractivity contribution is 5.79. The number of hydrogen-bond acceptors (Lipinski definition) is 3. The van der Waals surface area contributed by atoms with Crippen LogP contribution in [0.25, 0.3) is 0 Å². The lowest BCUT2D eigenvalue weighted by Gasteiger charge is -2.30. The zero-order valence-corrected chi connectivity index (χ0v) is 15.6. The van der Waals surface area contributed by atoms with E-state index in [4.69, 9.17) is 4.74 Å². The van der Waals surface area contributed by atoms with Crippen molar-refractivity contribution in [2.75, 3.05) is 27.2 Å². The number of nitrogens with one attached hydrogen (secondary N) is 2.